The molecule has 1 aromatic rings. The largest absolute Gasteiger partial charge is 0.481 e. The molecule has 2 rings (SSSR count). The summed E-state index contributed by atoms with van der Waals surface area (Å²) < 4.78 is 28.6. The highest BCUT2D eigenvalue weighted by atomic mass is 32.2. The van der Waals surface area contributed by atoms with Crippen molar-refractivity contribution in [3.05, 3.63) is 18.5 Å². The van der Waals surface area contributed by atoms with Crippen molar-refractivity contribution >= 4 is 16.0 Å². The summed E-state index contributed by atoms with van der Waals surface area (Å²) in [6.07, 6.45) is 4.89. The molecule has 106 valence electrons. The first-order chi connectivity index (χ1) is 8.75. The number of hydrogen-bond acceptors (Lipinski definition) is 3. The normalized spacial score (nSPS) is 27.6. The van der Waals surface area contributed by atoms with Gasteiger partial charge in [0.25, 0.3) is 0 Å². The highest BCUT2D eigenvalue weighted by molar-refractivity contribution is 7.89. The van der Waals surface area contributed by atoms with Gasteiger partial charge in [0.15, 0.2) is 0 Å². The van der Waals surface area contributed by atoms with Crippen molar-refractivity contribution in [2.24, 2.45) is 12.5 Å². The second kappa shape index (κ2) is 4.64. The van der Waals surface area contributed by atoms with Gasteiger partial charge in [-0.25, -0.2) is 13.1 Å². The van der Waals surface area contributed by atoms with Gasteiger partial charge in [0.05, 0.1) is 10.3 Å². The Balaban J connectivity index is 2.23. The van der Waals surface area contributed by atoms with E-state index in [4.69, 9.17) is 0 Å². The minimum Gasteiger partial charge on any atom is -0.481 e. The summed E-state index contributed by atoms with van der Waals surface area (Å²) in [5.74, 6) is -0.953. The molecule has 6 nitrogen and oxygen atoms in total. The quantitative estimate of drug-likeness (QED) is 0.862. The Bertz CT molecular complexity index is 593. The Morgan fingerprint density at radius 1 is 1.58 bits per heavy atom. The first-order valence-corrected chi connectivity index (χ1v) is 7.62. The SMILES string of the molecule is Cn1ccc(S(=O)(=O)NC2CCCC2(C)C(=O)O)c1. The molecule has 0 spiro atoms. The van der Waals surface area contributed by atoms with Crippen LogP contribution < -0.4 is 4.72 Å². The molecular formula is C12H18N2O4S. The third kappa shape index (κ3) is 2.52. The molecule has 1 heterocycles. The Hall–Kier alpha value is -1.34. The number of aryl methyl sites for hydroxylation is 1. The van der Waals surface area contributed by atoms with Crippen LogP contribution in [0.4, 0.5) is 0 Å². The van der Waals surface area contributed by atoms with Crippen LogP contribution >= 0.6 is 0 Å². The van der Waals surface area contributed by atoms with Gasteiger partial charge in [0.1, 0.15) is 0 Å². The third-order valence-electron chi connectivity index (χ3n) is 3.86. The molecule has 0 radical (unpaired) electrons. The van der Waals surface area contributed by atoms with Crippen LogP contribution in [-0.4, -0.2) is 30.1 Å². The van der Waals surface area contributed by atoms with Gasteiger partial charge in [0, 0.05) is 25.5 Å². The third-order valence-corrected chi connectivity index (χ3v) is 5.32. The summed E-state index contributed by atoms with van der Waals surface area (Å²) in [7, 11) is -1.93. The molecule has 0 bridgehead atoms. The van der Waals surface area contributed by atoms with E-state index in [1.807, 2.05) is 0 Å². The molecule has 1 fully saturated rings. The number of sulfonamides is 1. The lowest BCUT2D eigenvalue weighted by Gasteiger charge is -2.27. The molecule has 2 unspecified atom stereocenters. The lowest BCUT2D eigenvalue weighted by molar-refractivity contribution is -0.148. The molecule has 2 atom stereocenters. The molecule has 0 amide bonds. The summed E-state index contributed by atoms with van der Waals surface area (Å²) in [6.45, 7) is 1.60. The number of carbonyl (C=O) groups is 1. The van der Waals surface area contributed by atoms with Crippen molar-refractivity contribution < 1.29 is 18.3 Å². The Kier molecular flexibility index (Phi) is 3.44. The predicted octanol–water partition coefficient (Wildman–Crippen LogP) is 0.947. The minimum absolute atomic E-state index is 0.162. The van der Waals surface area contributed by atoms with Crippen molar-refractivity contribution in [2.45, 2.75) is 37.1 Å². The van der Waals surface area contributed by atoms with E-state index in [0.717, 1.165) is 0 Å². The molecule has 1 aromatic heterocycles. The van der Waals surface area contributed by atoms with Crippen molar-refractivity contribution in [3.63, 3.8) is 0 Å². The summed E-state index contributed by atoms with van der Waals surface area (Å²) >= 11 is 0. The minimum atomic E-state index is -3.66. The number of nitrogens with zero attached hydrogens (tertiary/aromatic N) is 1. The van der Waals surface area contributed by atoms with Gasteiger partial charge >= 0.3 is 5.97 Å². The van der Waals surface area contributed by atoms with E-state index in [2.05, 4.69) is 4.72 Å². The smallest absolute Gasteiger partial charge is 0.310 e. The zero-order valence-electron chi connectivity index (χ0n) is 11.0. The van der Waals surface area contributed by atoms with E-state index in [0.29, 0.717) is 19.3 Å². The lowest BCUT2D eigenvalue weighted by atomic mass is 9.85. The average molecular weight is 286 g/mol. The van der Waals surface area contributed by atoms with Gasteiger partial charge in [0.2, 0.25) is 10.0 Å². The van der Waals surface area contributed by atoms with Crippen molar-refractivity contribution in [1.82, 2.24) is 9.29 Å². The number of aliphatic carboxylic acids is 1. The summed E-state index contributed by atoms with van der Waals surface area (Å²) in [5.41, 5.74) is -1.03. The fraction of sp³-hybridized carbons (Fsp3) is 0.583. The number of hydrogen-bond donors (Lipinski definition) is 2. The van der Waals surface area contributed by atoms with Crippen LogP contribution in [0.15, 0.2) is 23.4 Å². The first kappa shape index (κ1) is 14.1. The number of carboxylic acids is 1. The van der Waals surface area contributed by atoms with Crippen LogP contribution in [0.3, 0.4) is 0 Å². The fourth-order valence-corrected chi connectivity index (χ4v) is 3.94. The van der Waals surface area contributed by atoms with E-state index in [1.165, 1.54) is 12.3 Å². The molecule has 0 aromatic carbocycles. The Morgan fingerprint density at radius 3 is 2.79 bits per heavy atom. The Morgan fingerprint density at radius 2 is 2.26 bits per heavy atom. The number of carboxylic acid groups (broad SMARTS) is 1. The molecule has 1 aliphatic carbocycles. The van der Waals surface area contributed by atoms with Crippen molar-refractivity contribution in [1.29, 1.82) is 0 Å². The van der Waals surface area contributed by atoms with Crippen LogP contribution in [0.2, 0.25) is 0 Å². The Labute approximate surface area is 112 Å². The van der Waals surface area contributed by atoms with Crippen LogP contribution in [-0.2, 0) is 21.9 Å². The van der Waals surface area contributed by atoms with Crippen LogP contribution in [0, 0.1) is 5.41 Å². The number of rotatable bonds is 4. The van der Waals surface area contributed by atoms with Gasteiger partial charge in [-0.05, 0) is 25.8 Å². The molecule has 7 heteroatoms. The van der Waals surface area contributed by atoms with E-state index < -0.39 is 27.4 Å². The van der Waals surface area contributed by atoms with E-state index in [1.54, 1.807) is 24.7 Å². The van der Waals surface area contributed by atoms with Gasteiger partial charge < -0.3 is 9.67 Å². The topological polar surface area (TPSA) is 88.4 Å². The summed E-state index contributed by atoms with van der Waals surface area (Å²) in [5, 5.41) is 9.28. The summed E-state index contributed by atoms with van der Waals surface area (Å²) in [4.78, 5) is 11.5. The predicted molar refractivity (Wildman–Crippen MR) is 69.1 cm³/mol. The maximum Gasteiger partial charge on any atom is 0.310 e. The maximum atomic E-state index is 12.2. The number of nitrogens with one attached hydrogen (secondary N) is 1. The van der Waals surface area contributed by atoms with Crippen molar-refractivity contribution in [2.75, 3.05) is 0 Å². The van der Waals surface area contributed by atoms with Gasteiger partial charge in [-0.3, -0.25) is 4.79 Å². The molecular weight excluding hydrogens is 268 g/mol. The van der Waals surface area contributed by atoms with Crippen LogP contribution in [0.25, 0.3) is 0 Å². The van der Waals surface area contributed by atoms with E-state index >= 15 is 0 Å². The molecule has 2 N–H and O–H groups in total. The standard InChI is InChI=1S/C12H18N2O4S/c1-12(11(15)16)6-3-4-10(12)13-19(17,18)9-5-7-14(2)8-9/h5,7-8,10,13H,3-4,6H2,1-2H3,(H,15,16). The van der Waals surface area contributed by atoms with E-state index in [-0.39, 0.29) is 4.90 Å². The molecule has 0 aliphatic heterocycles. The zero-order valence-corrected chi connectivity index (χ0v) is 11.8. The molecule has 1 saturated carbocycles. The maximum absolute atomic E-state index is 12.2. The summed E-state index contributed by atoms with van der Waals surface area (Å²) in [6, 6.07) is 0.935. The van der Waals surface area contributed by atoms with Gasteiger partial charge in [-0.2, -0.15) is 0 Å². The lowest BCUT2D eigenvalue weighted by Crippen LogP contribution is -2.46. The van der Waals surface area contributed by atoms with Gasteiger partial charge in [-0.1, -0.05) is 6.42 Å². The molecule has 1 aliphatic rings. The average Bonchev–Trinajstić information content (AvgIpc) is 2.87. The zero-order chi connectivity index (χ0) is 14.3. The molecule has 19 heavy (non-hydrogen) atoms. The van der Waals surface area contributed by atoms with E-state index in [9.17, 15) is 18.3 Å². The fourth-order valence-electron chi connectivity index (χ4n) is 2.50. The second-order valence-corrected chi connectivity index (χ2v) is 7.02. The van der Waals surface area contributed by atoms with Crippen molar-refractivity contribution in [3.8, 4) is 0 Å². The highest BCUT2D eigenvalue weighted by Crippen LogP contribution is 2.38. The monoisotopic (exact) mass is 286 g/mol. The molecule has 0 saturated heterocycles. The van der Waals surface area contributed by atoms with Crippen LogP contribution in [0.1, 0.15) is 26.2 Å². The highest BCUT2D eigenvalue weighted by Gasteiger charge is 2.46. The first-order valence-electron chi connectivity index (χ1n) is 6.13. The second-order valence-electron chi connectivity index (χ2n) is 5.30. The van der Waals surface area contributed by atoms with Crippen LogP contribution in [0.5, 0.6) is 0 Å². The number of aromatic nitrogens is 1. The van der Waals surface area contributed by atoms with Gasteiger partial charge in [-0.15, -0.1) is 0 Å².